The number of aliphatic hydroxyl groups excluding tert-OH is 2. The Hall–Kier alpha value is -3.21. The third-order valence-electron chi connectivity index (χ3n) is 11.7. The highest BCUT2D eigenvalue weighted by molar-refractivity contribution is 5.76. The molecule has 0 aliphatic carbocycles. The zero-order valence-corrected chi connectivity index (χ0v) is 42.5. The van der Waals surface area contributed by atoms with Crippen LogP contribution in [0.5, 0.6) is 0 Å². The first-order chi connectivity index (χ1) is 32.2. The monoisotopic (exact) mass is 898 g/mol. The Morgan fingerprint density at radius 3 is 1.02 bits per heavy atom. The van der Waals surface area contributed by atoms with Gasteiger partial charge in [0.05, 0.1) is 18.8 Å². The molecule has 0 saturated carbocycles. The van der Waals surface area contributed by atoms with Crippen LogP contribution < -0.4 is 5.32 Å². The van der Waals surface area contributed by atoms with Gasteiger partial charge in [-0.05, 0) is 89.9 Å². The maximum Gasteiger partial charge on any atom is 0.220 e. The van der Waals surface area contributed by atoms with Gasteiger partial charge in [-0.15, -0.1) is 0 Å². The lowest BCUT2D eigenvalue weighted by atomic mass is 10.0. The van der Waals surface area contributed by atoms with Crippen LogP contribution in [0.25, 0.3) is 0 Å². The van der Waals surface area contributed by atoms with E-state index in [-0.39, 0.29) is 12.5 Å². The molecule has 0 spiro atoms. The number of rotatable bonds is 48. The highest BCUT2D eigenvalue weighted by atomic mass is 16.3. The molecule has 2 atom stereocenters. The fourth-order valence-electron chi connectivity index (χ4n) is 7.62. The number of aliphatic hydroxyl groups is 2. The lowest BCUT2D eigenvalue weighted by Crippen LogP contribution is -2.45. The van der Waals surface area contributed by atoms with Crippen LogP contribution in [0.4, 0.5) is 0 Å². The molecule has 0 heterocycles. The number of carbonyl (C=O) groups is 1. The van der Waals surface area contributed by atoms with Crippen LogP contribution in [0.15, 0.2) is 122 Å². The van der Waals surface area contributed by atoms with Gasteiger partial charge in [0, 0.05) is 6.42 Å². The topological polar surface area (TPSA) is 69.6 Å². The summed E-state index contributed by atoms with van der Waals surface area (Å²) < 4.78 is 0. The van der Waals surface area contributed by atoms with E-state index in [1.807, 2.05) is 0 Å². The molecule has 0 fully saturated rings. The molecular formula is C61H103NO3. The van der Waals surface area contributed by atoms with Crippen molar-refractivity contribution in [3.63, 3.8) is 0 Å². The van der Waals surface area contributed by atoms with Gasteiger partial charge in [0.2, 0.25) is 5.91 Å². The molecule has 0 aliphatic heterocycles. The Kier molecular flexibility index (Phi) is 52.4. The zero-order valence-electron chi connectivity index (χ0n) is 42.5. The predicted molar refractivity (Wildman–Crippen MR) is 289 cm³/mol. The molecule has 0 bridgehead atoms. The molecule has 2 unspecified atom stereocenters. The fraction of sp³-hybridized carbons (Fsp3) is 0.656. The van der Waals surface area contributed by atoms with Crippen LogP contribution in [-0.2, 0) is 4.79 Å². The summed E-state index contributed by atoms with van der Waals surface area (Å²) in [6, 6.07) is -0.553. The van der Waals surface area contributed by atoms with Crippen LogP contribution >= 0.6 is 0 Å². The van der Waals surface area contributed by atoms with E-state index in [0.29, 0.717) is 12.8 Å². The summed E-state index contributed by atoms with van der Waals surface area (Å²) in [6.45, 7) is 4.24. The Morgan fingerprint density at radius 1 is 0.385 bits per heavy atom. The number of allylic oxidation sites excluding steroid dienone is 20. The fourth-order valence-corrected chi connectivity index (χ4v) is 7.62. The Balaban J connectivity index is 3.64. The Bertz CT molecular complexity index is 1290. The van der Waals surface area contributed by atoms with Gasteiger partial charge in [-0.1, -0.05) is 264 Å². The summed E-state index contributed by atoms with van der Waals surface area (Å²) in [5.74, 6) is -0.0501. The van der Waals surface area contributed by atoms with Crippen LogP contribution in [0, 0.1) is 0 Å². The summed E-state index contributed by atoms with van der Waals surface area (Å²) in [7, 11) is 0. The molecule has 4 nitrogen and oxygen atoms in total. The first kappa shape index (κ1) is 61.8. The zero-order chi connectivity index (χ0) is 47.0. The third-order valence-corrected chi connectivity index (χ3v) is 11.7. The summed E-state index contributed by atoms with van der Waals surface area (Å²) >= 11 is 0. The van der Waals surface area contributed by atoms with Crippen molar-refractivity contribution in [3.05, 3.63) is 122 Å². The van der Waals surface area contributed by atoms with Crippen LogP contribution in [0.1, 0.15) is 239 Å². The number of hydrogen-bond donors (Lipinski definition) is 3. The smallest absolute Gasteiger partial charge is 0.220 e. The first-order valence-electron chi connectivity index (χ1n) is 27.2. The average molecular weight is 898 g/mol. The van der Waals surface area contributed by atoms with Gasteiger partial charge in [0.25, 0.3) is 0 Å². The minimum absolute atomic E-state index is 0.0501. The molecule has 370 valence electrons. The number of nitrogens with one attached hydrogen (secondary N) is 1. The van der Waals surface area contributed by atoms with Gasteiger partial charge in [-0.25, -0.2) is 0 Å². The van der Waals surface area contributed by atoms with Crippen molar-refractivity contribution in [3.8, 4) is 0 Å². The minimum Gasteiger partial charge on any atom is -0.394 e. The number of hydrogen-bond acceptors (Lipinski definition) is 3. The molecule has 0 radical (unpaired) electrons. The van der Waals surface area contributed by atoms with Crippen LogP contribution in [0.2, 0.25) is 0 Å². The Morgan fingerprint density at radius 2 is 0.677 bits per heavy atom. The second-order valence-corrected chi connectivity index (χ2v) is 17.9. The number of amides is 1. The molecule has 4 heteroatoms. The van der Waals surface area contributed by atoms with Gasteiger partial charge in [-0.2, -0.15) is 0 Å². The molecule has 0 aliphatic rings. The molecule has 1 amide bonds. The van der Waals surface area contributed by atoms with E-state index in [2.05, 4.69) is 141 Å². The van der Waals surface area contributed by atoms with E-state index in [1.165, 1.54) is 109 Å². The second kappa shape index (κ2) is 55.1. The van der Waals surface area contributed by atoms with E-state index in [0.717, 1.165) is 103 Å². The maximum absolute atomic E-state index is 12.5. The van der Waals surface area contributed by atoms with Crippen molar-refractivity contribution < 1.29 is 15.0 Å². The standard InChI is InChI=1S/C61H103NO3/c1-3-5-7-9-11-13-15-17-19-21-22-23-24-25-26-27-28-29-30-31-32-33-34-35-36-37-38-39-40-41-43-45-47-49-51-53-55-57-61(65)62-59(58-63)60(64)56-54-52-50-48-46-44-42-20-18-16-14-12-10-8-6-4-2/h5,7,11,13,17,19,22-23,25-26,28-29,31-32,34-35,37-38,40-41,59-60,63-64H,3-4,6,8-10,12,14-16,18,20-21,24,27,30,33,36,39,42-58H2,1-2H3,(H,62,65)/b7-5-,13-11-,19-17-,23-22-,26-25-,29-28-,32-31-,35-34-,38-37-,41-40-. The van der Waals surface area contributed by atoms with Gasteiger partial charge in [0.15, 0.2) is 0 Å². The van der Waals surface area contributed by atoms with Crippen molar-refractivity contribution in [1.82, 2.24) is 5.32 Å². The average Bonchev–Trinajstić information content (AvgIpc) is 3.31. The van der Waals surface area contributed by atoms with Gasteiger partial charge >= 0.3 is 0 Å². The Labute approximate surface area is 403 Å². The van der Waals surface area contributed by atoms with E-state index in [9.17, 15) is 15.0 Å². The van der Waals surface area contributed by atoms with Crippen LogP contribution in [0.3, 0.4) is 0 Å². The molecule has 0 saturated heterocycles. The maximum atomic E-state index is 12.5. The van der Waals surface area contributed by atoms with Gasteiger partial charge in [-0.3, -0.25) is 4.79 Å². The van der Waals surface area contributed by atoms with E-state index >= 15 is 0 Å². The summed E-state index contributed by atoms with van der Waals surface area (Å²) in [6.07, 6.45) is 84.5. The van der Waals surface area contributed by atoms with Crippen LogP contribution in [-0.4, -0.2) is 34.9 Å². The minimum atomic E-state index is -0.674. The van der Waals surface area contributed by atoms with E-state index < -0.39 is 12.1 Å². The van der Waals surface area contributed by atoms with E-state index in [4.69, 9.17) is 0 Å². The highest BCUT2D eigenvalue weighted by Gasteiger charge is 2.20. The quantitative estimate of drug-likeness (QED) is 0.0421. The van der Waals surface area contributed by atoms with Crippen molar-refractivity contribution in [2.75, 3.05) is 6.61 Å². The molecule has 0 aromatic carbocycles. The molecule has 3 N–H and O–H groups in total. The second-order valence-electron chi connectivity index (χ2n) is 17.9. The van der Waals surface area contributed by atoms with Gasteiger partial charge in [0.1, 0.15) is 0 Å². The largest absolute Gasteiger partial charge is 0.394 e. The molecule has 0 aromatic heterocycles. The van der Waals surface area contributed by atoms with Crippen molar-refractivity contribution in [1.29, 1.82) is 0 Å². The SMILES string of the molecule is CC/C=C\C/C=C\C/C=C\C/C=C\C/C=C\C/C=C\C/C=C\C/C=C\C/C=C\C/C=C\CCCCCCCCC(=O)NC(CO)C(O)CCCCCCCCCCCCCCCCCC. The molecule has 0 rings (SSSR count). The lowest BCUT2D eigenvalue weighted by molar-refractivity contribution is -0.123. The molecule has 65 heavy (non-hydrogen) atoms. The summed E-state index contributed by atoms with van der Waals surface area (Å²) in [4.78, 5) is 12.5. The number of unbranched alkanes of at least 4 members (excludes halogenated alkanes) is 21. The number of carbonyl (C=O) groups excluding carboxylic acids is 1. The van der Waals surface area contributed by atoms with Crippen molar-refractivity contribution >= 4 is 5.91 Å². The summed E-state index contributed by atoms with van der Waals surface area (Å²) in [5, 5.41) is 23.3. The summed E-state index contributed by atoms with van der Waals surface area (Å²) in [5.41, 5.74) is 0. The van der Waals surface area contributed by atoms with Crippen molar-refractivity contribution in [2.24, 2.45) is 0 Å². The lowest BCUT2D eigenvalue weighted by Gasteiger charge is -2.22. The van der Waals surface area contributed by atoms with Gasteiger partial charge < -0.3 is 15.5 Å². The van der Waals surface area contributed by atoms with E-state index in [1.54, 1.807) is 0 Å². The molecular weight excluding hydrogens is 795 g/mol. The molecule has 0 aromatic rings. The highest BCUT2D eigenvalue weighted by Crippen LogP contribution is 2.16. The first-order valence-corrected chi connectivity index (χ1v) is 27.2. The predicted octanol–water partition coefficient (Wildman–Crippen LogP) is 18.1. The van der Waals surface area contributed by atoms with Crippen molar-refractivity contribution in [2.45, 2.75) is 251 Å². The normalized spacial score (nSPS) is 13.8. The third kappa shape index (κ3) is 51.6.